The predicted molar refractivity (Wildman–Crippen MR) is 130 cm³/mol. The maximum Gasteiger partial charge on any atom is 0.236 e. The highest BCUT2D eigenvalue weighted by Crippen LogP contribution is 2.30. The van der Waals surface area contributed by atoms with E-state index < -0.39 is 0 Å². The molecule has 29 heavy (non-hydrogen) atoms. The van der Waals surface area contributed by atoms with E-state index in [1.54, 1.807) is 11.3 Å². The molecule has 0 unspecified atom stereocenters. The van der Waals surface area contributed by atoms with Crippen LogP contribution in [0.2, 0.25) is 0 Å². The summed E-state index contributed by atoms with van der Waals surface area (Å²) in [6.07, 6.45) is 0. The average Bonchev–Trinajstić information content (AvgIpc) is 3.37. The minimum atomic E-state index is -0.0907. The van der Waals surface area contributed by atoms with Gasteiger partial charge >= 0.3 is 0 Å². The van der Waals surface area contributed by atoms with Crippen LogP contribution in [-0.2, 0) is 4.79 Å². The second-order valence-corrected chi connectivity index (χ2v) is 10.7. The Labute approximate surface area is 197 Å². The molecule has 0 spiro atoms. The van der Waals surface area contributed by atoms with Crippen molar-refractivity contribution in [3.05, 3.63) is 68.2 Å². The van der Waals surface area contributed by atoms with Crippen molar-refractivity contribution < 1.29 is 4.79 Å². The zero-order chi connectivity index (χ0) is 20.2. The molecule has 4 rings (SSSR count). The number of thiazole rings is 2. The molecule has 0 aliphatic heterocycles. The van der Waals surface area contributed by atoms with E-state index in [-0.39, 0.29) is 5.91 Å². The third-order valence-corrected chi connectivity index (χ3v) is 7.68. The number of hydrogen-bond acceptors (Lipinski definition) is 6. The first kappa shape index (κ1) is 20.7. The van der Waals surface area contributed by atoms with Gasteiger partial charge in [0.1, 0.15) is 0 Å². The lowest BCUT2D eigenvalue weighted by molar-refractivity contribution is -0.113. The Balaban J connectivity index is 1.33. The van der Waals surface area contributed by atoms with Crippen LogP contribution in [0.1, 0.15) is 0 Å². The maximum absolute atomic E-state index is 12.3. The highest BCUT2D eigenvalue weighted by Gasteiger charge is 2.11. The summed E-state index contributed by atoms with van der Waals surface area (Å²) >= 11 is 11.3. The van der Waals surface area contributed by atoms with Crippen molar-refractivity contribution in [1.29, 1.82) is 0 Å². The largest absolute Gasteiger partial charge is 0.301 e. The lowest BCUT2D eigenvalue weighted by atomic mass is 10.2. The molecule has 9 heteroatoms. The third-order valence-electron chi connectivity index (χ3n) is 3.84. The molecule has 2 heterocycles. The first-order chi connectivity index (χ1) is 14.1. The number of aromatic nitrogens is 2. The molecule has 0 saturated heterocycles. The highest BCUT2D eigenvalue weighted by molar-refractivity contribution is 9.10. The van der Waals surface area contributed by atoms with E-state index in [0.29, 0.717) is 10.9 Å². The van der Waals surface area contributed by atoms with Crippen molar-refractivity contribution in [2.45, 2.75) is 4.34 Å². The Morgan fingerprint density at radius 3 is 2.03 bits per heavy atom. The van der Waals surface area contributed by atoms with E-state index in [4.69, 9.17) is 0 Å². The molecule has 0 fully saturated rings. The van der Waals surface area contributed by atoms with Crippen LogP contribution >= 0.6 is 66.3 Å². The first-order valence-corrected chi connectivity index (χ1v) is 12.8. The number of thioether (sulfide) groups is 1. The molecule has 0 atom stereocenters. The molecule has 0 aliphatic carbocycles. The standard InChI is InChI=1S/C20H13Br2N3OS3/c21-14-5-1-12(2-6-14)16-9-27-19(23-16)25-18(26)11-29-20-24-17(10-28-20)13-3-7-15(22)8-4-13/h1-10H,11H2,(H,23,25,26). The van der Waals surface area contributed by atoms with E-state index in [1.807, 2.05) is 59.3 Å². The minimum Gasteiger partial charge on any atom is -0.301 e. The topological polar surface area (TPSA) is 54.9 Å². The number of carbonyl (C=O) groups excluding carboxylic acids is 1. The minimum absolute atomic E-state index is 0.0907. The van der Waals surface area contributed by atoms with Gasteiger partial charge < -0.3 is 5.32 Å². The van der Waals surface area contributed by atoms with Gasteiger partial charge in [-0.05, 0) is 24.3 Å². The first-order valence-electron chi connectivity index (χ1n) is 8.42. The number of hydrogen-bond donors (Lipinski definition) is 1. The van der Waals surface area contributed by atoms with Gasteiger partial charge in [0, 0.05) is 30.8 Å². The molecule has 1 N–H and O–H groups in total. The second-order valence-electron chi connectivity index (χ2n) is 5.89. The summed E-state index contributed by atoms with van der Waals surface area (Å²) in [5, 5.41) is 7.42. The fraction of sp³-hybridized carbons (Fsp3) is 0.0500. The van der Waals surface area contributed by atoms with Crippen LogP contribution < -0.4 is 5.32 Å². The monoisotopic (exact) mass is 565 g/mol. The third kappa shape index (κ3) is 5.55. The smallest absolute Gasteiger partial charge is 0.236 e. The Kier molecular flexibility index (Phi) is 6.81. The molecule has 4 nitrogen and oxygen atoms in total. The van der Waals surface area contributed by atoms with Gasteiger partial charge in [-0.2, -0.15) is 0 Å². The molecule has 2 aromatic carbocycles. The number of amides is 1. The van der Waals surface area contributed by atoms with Gasteiger partial charge in [0.05, 0.1) is 17.1 Å². The van der Waals surface area contributed by atoms with Crippen molar-refractivity contribution in [3.63, 3.8) is 0 Å². The SMILES string of the molecule is O=C(CSc1nc(-c2ccc(Br)cc2)cs1)Nc1nc(-c2ccc(Br)cc2)cs1. The molecule has 4 aromatic rings. The van der Waals surface area contributed by atoms with Gasteiger partial charge in [-0.15, -0.1) is 22.7 Å². The summed E-state index contributed by atoms with van der Waals surface area (Å²) in [6.45, 7) is 0. The van der Waals surface area contributed by atoms with E-state index >= 15 is 0 Å². The van der Waals surface area contributed by atoms with E-state index in [2.05, 4.69) is 47.1 Å². The normalized spacial score (nSPS) is 10.8. The summed E-state index contributed by atoms with van der Waals surface area (Å²) in [6, 6.07) is 16.0. The molecule has 2 aromatic heterocycles. The summed E-state index contributed by atoms with van der Waals surface area (Å²) in [7, 11) is 0. The zero-order valence-corrected chi connectivity index (χ0v) is 20.4. The molecule has 0 bridgehead atoms. The van der Waals surface area contributed by atoms with Crippen LogP contribution in [0, 0.1) is 0 Å². The van der Waals surface area contributed by atoms with Crippen LogP contribution in [-0.4, -0.2) is 21.6 Å². The molecule has 146 valence electrons. The number of rotatable bonds is 6. The molecule has 0 aliphatic rings. The summed E-state index contributed by atoms with van der Waals surface area (Å²) < 4.78 is 2.92. The Bertz CT molecular complexity index is 1120. The van der Waals surface area contributed by atoms with Crippen LogP contribution in [0.5, 0.6) is 0 Å². The van der Waals surface area contributed by atoms with E-state index in [0.717, 1.165) is 35.8 Å². The van der Waals surface area contributed by atoms with Gasteiger partial charge in [0.15, 0.2) is 9.47 Å². The number of carbonyl (C=O) groups is 1. The quantitative estimate of drug-likeness (QED) is 0.251. The van der Waals surface area contributed by atoms with Crippen molar-refractivity contribution in [2.24, 2.45) is 0 Å². The highest BCUT2D eigenvalue weighted by atomic mass is 79.9. The molecule has 0 radical (unpaired) electrons. The number of nitrogens with zero attached hydrogens (tertiary/aromatic N) is 2. The van der Waals surface area contributed by atoms with Crippen molar-refractivity contribution >= 4 is 77.3 Å². The Morgan fingerprint density at radius 2 is 1.41 bits per heavy atom. The summed E-state index contributed by atoms with van der Waals surface area (Å²) in [5.74, 6) is 0.202. The zero-order valence-electron chi connectivity index (χ0n) is 14.8. The van der Waals surface area contributed by atoms with Crippen LogP contribution in [0.3, 0.4) is 0 Å². The van der Waals surface area contributed by atoms with Crippen molar-refractivity contribution in [1.82, 2.24) is 9.97 Å². The Morgan fingerprint density at radius 1 is 0.862 bits per heavy atom. The van der Waals surface area contributed by atoms with Gasteiger partial charge in [-0.3, -0.25) is 4.79 Å². The average molecular weight is 567 g/mol. The lowest BCUT2D eigenvalue weighted by Gasteiger charge is -2.00. The number of nitrogens with one attached hydrogen (secondary N) is 1. The van der Waals surface area contributed by atoms with Crippen molar-refractivity contribution in [3.8, 4) is 22.5 Å². The maximum atomic E-state index is 12.3. The fourth-order valence-electron chi connectivity index (χ4n) is 2.44. The molecule has 0 saturated carbocycles. The van der Waals surface area contributed by atoms with Crippen molar-refractivity contribution in [2.75, 3.05) is 11.1 Å². The van der Waals surface area contributed by atoms with E-state index in [1.165, 1.54) is 23.1 Å². The second kappa shape index (κ2) is 9.53. The fourth-order valence-corrected chi connectivity index (χ4v) is 5.34. The van der Waals surface area contributed by atoms with Gasteiger partial charge in [0.2, 0.25) is 5.91 Å². The van der Waals surface area contributed by atoms with Gasteiger partial charge in [0.25, 0.3) is 0 Å². The van der Waals surface area contributed by atoms with E-state index in [9.17, 15) is 4.79 Å². The predicted octanol–water partition coefficient (Wildman–Crippen LogP) is 7.19. The van der Waals surface area contributed by atoms with Crippen LogP contribution in [0.25, 0.3) is 22.5 Å². The van der Waals surface area contributed by atoms with Crippen LogP contribution in [0.15, 0.2) is 72.6 Å². The molecular formula is C20H13Br2N3OS3. The number of anilines is 1. The summed E-state index contributed by atoms with van der Waals surface area (Å²) in [4.78, 5) is 21.4. The van der Waals surface area contributed by atoms with Gasteiger partial charge in [-0.25, -0.2) is 9.97 Å². The number of halogens is 2. The number of benzene rings is 2. The van der Waals surface area contributed by atoms with Gasteiger partial charge in [-0.1, -0.05) is 67.9 Å². The molecular weight excluding hydrogens is 554 g/mol. The summed E-state index contributed by atoms with van der Waals surface area (Å²) in [5.41, 5.74) is 3.85. The molecule has 1 amide bonds. The van der Waals surface area contributed by atoms with Crippen LogP contribution in [0.4, 0.5) is 5.13 Å². The Hall–Kier alpha value is -1.52. The lowest BCUT2D eigenvalue weighted by Crippen LogP contribution is -2.13.